The third-order valence-electron chi connectivity index (χ3n) is 3.66. The number of aromatic nitrogens is 2. The van der Waals surface area contributed by atoms with Gasteiger partial charge in [-0.15, -0.1) is 11.3 Å². The average Bonchev–Trinajstić information content (AvgIpc) is 3.16. The Bertz CT molecular complexity index is 904. The summed E-state index contributed by atoms with van der Waals surface area (Å²) < 4.78 is 0. The summed E-state index contributed by atoms with van der Waals surface area (Å²) in [7, 11) is 0. The van der Waals surface area contributed by atoms with E-state index in [1.807, 2.05) is 6.07 Å². The van der Waals surface area contributed by atoms with Crippen molar-refractivity contribution in [1.29, 1.82) is 0 Å². The molecule has 4 aromatic rings. The lowest BCUT2D eigenvalue weighted by atomic mass is 10.0. The van der Waals surface area contributed by atoms with Crippen LogP contribution < -0.4 is 0 Å². The van der Waals surface area contributed by atoms with Gasteiger partial charge >= 0.3 is 0 Å². The summed E-state index contributed by atoms with van der Waals surface area (Å²) in [5, 5.41) is 4.58. The molecule has 102 valence electrons. The van der Waals surface area contributed by atoms with E-state index in [1.54, 1.807) is 11.3 Å². The Kier molecular flexibility index (Phi) is 2.86. The van der Waals surface area contributed by atoms with Crippen LogP contribution in [0.5, 0.6) is 0 Å². The molecule has 4 rings (SSSR count). The minimum absolute atomic E-state index is 0.950. The van der Waals surface area contributed by atoms with E-state index in [0.717, 1.165) is 22.8 Å². The minimum Gasteiger partial charge on any atom is -0.341 e. The molecule has 2 aromatic heterocycles. The van der Waals surface area contributed by atoms with Crippen molar-refractivity contribution >= 4 is 22.1 Å². The first kappa shape index (κ1) is 12.4. The second kappa shape index (κ2) is 4.86. The first-order valence-electron chi connectivity index (χ1n) is 6.91. The van der Waals surface area contributed by atoms with E-state index < -0.39 is 0 Å². The Balaban J connectivity index is 1.84. The number of imidazole rings is 1. The van der Waals surface area contributed by atoms with Gasteiger partial charge in [-0.1, -0.05) is 42.5 Å². The number of H-pyrrole nitrogens is 1. The fraction of sp³-hybridized carbons (Fsp3) is 0.0556. The van der Waals surface area contributed by atoms with Crippen molar-refractivity contribution < 1.29 is 0 Å². The van der Waals surface area contributed by atoms with Gasteiger partial charge in [0.15, 0.2) is 0 Å². The highest BCUT2D eigenvalue weighted by molar-refractivity contribution is 7.13. The molecule has 0 atom stereocenters. The highest BCUT2D eigenvalue weighted by Crippen LogP contribution is 2.29. The van der Waals surface area contributed by atoms with Crippen LogP contribution in [0.1, 0.15) is 5.69 Å². The number of hydrogen-bond acceptors (Lipinski definition) is 2. The molecule has 0 unspecified atom stereocenters. The summed E-state index contributed by atoms with van der Waals surface area (Å²) in [6, 6.07) is 19.1. The van der Waals surface area contributed by atoms with Gasteiger partial charge in [-0.25, -0.2) is 4.98 Å². The predicted molar refractivity (Wildman–Crippen MR) is 89.6 cm³/mol. The summed E-state index contributed by atoms with van der Waals surface area (Å²) >= 11 is 1.70. The molecule has 0 radical (unpaired) electrons. The molecule has 0 saturated heterocycles. The van der Waals surface area contributed by atoms with Gasteiger partial charge in [-0.05, 0) is 35.2 Å². The summed E-state index contributed by atoms with van der Waals surface area (Å²) in [5.41, 5.74) is 3.29. The third-order valence-corrected chi connectivity index (χ3v) is 4.54. The fourth-order valence-corrected chi connectivity index (χ4v) is 3.28. The van der Waals surface area contributed by atoms with Crippen LogP contribution in [0.25, 0.3) is 32.7 Å². The maximum atomic E-state index is 4.78. The van der Waals surface area contributed by atoms with Crippen molar-refractivity contribution in [3.8, 4) is 22.0 Å². The Hall–Kier alpha value is -2.39. The van der Waals surface area contributed by atoms with Gasteiger partial charge in [-0.2, -0.15) is 0 Å². The lowest BCUT2D eigenvalue weighted by Gasteiger charge is -2.02. The van der Waals surface area contributed by atoms with Gasteiger partial charge in [-0.3, -0.25) is 0 Å². The van der Waals surface area contributed by atoms with Gasteiger partial charge in [0.05, 0.1) is 10.6 Å². The van der Waals surface area contributed by atoms with E-state index in [9.17, 15) is 0 Å². The minimum atomic E-state index is 0.950. The topological polar surface area (TPSA) is 28.7 Å². The maximum Gasteiger partial charge on any atom is 0.148 e. The first-order valence-corrected chi connectivity index (χ1v) is 7.79. The number of rotatable bonds is 2. The average molecular weight is 290 g/mol. The SMILES string of the molecule is Cc1[nH]c(-c2cccs2)nc1-c1ccc2ccccc2c1. The second-order valence-corrected chi connectivity index (χ2v) is 6.05. The van der Waals surface area contributed by atoms with Crippen molar-refractivity contribution in [1.82, 2.24) is 9.97 Å². The molecule has 0 aliphatic heterocycles. The van der Waals surface area contributed by atoms with Crippen LogP contribution in [0.2, 0.25) is 0 Å². The lowest BCUT2D eigenvalue weighted by molar-refractivity contribution is 1.27. The molecule has 0 bridgehead atoms. The van der Waals surface area contributed by atoms with Crippen LogP contribution in [0.4, 0.5) is 0 Å². The van der Waals surface area contributed by atoms with Gasteiger partial charge in [0.2, 0.25) is 0 Å². The molecule has 0 amide bonds. The van der Waals surface area contributed by atoms with Crippen LogP contribution in [-0.4, -0.2) is 9.97 Å². The number of aromatic amines is 1. The molecule has 0 aliphatic carbocycles. The summed E-state index contributed by atoms with van der Waals surface area (Å²) in [6.45, 7) is 2.08. The number of benzene rings is 2. The monoisotopic (exact) mass is 290 g/mol. The zero-order chi connectivity index (χ0) is 14.2. The number of nitrogens with one attached hydrogen (secondary N) is 1. The number of aryl methyl sites for hydroxylation is 1. The second-order valence-electron chi connectivity index (χ2n) is 5.10. The van der Waals surface area contributed by atoms with Crippen molar-refractivity contribution in [2.75, 3.05) is 0 Å². The molecular weight excluding hydrogens is 276 g/mol. The van der Waals surface area contributed by atoms with Gasteiger partial charge < -0.3 is 4.98 Å². The summed E-state index contributed by atoms with van der Waals surface area (Å²) in [6.07, 6.45) is 0. The Morgan fingerprint density at radius 2 is 1.81 bits per heavy atom. The Morgan fingerprint density at radius 1 is 0.952 bits per heavy atom. The lowest BCUT2D eigenvalue weighted by Crippen LogP contribution is -1.82. The summed E-state index contributed by atoms with van der Waals surface area (Å²) in [5.74, 6) is 0.950. The van der Waals surface area contributed by atoms with E-state index in [4.69, 9.17) is 4.98 Å². The van der Waals surface area contributed by atoms with E-state index in [-0.39, 0.29) is 0 Å². The van der Waals surface area contributed by atoms with Crippen LogP contribution in [0, 0.1) is 6.92 Å². The molecule has 2 nitrogen and oxygen atoms in total. The van der Waals surface area contributed by atoms with Crippen molar-refractivity contribution in [3.05, 3.63) is 65.7 Å². The van der Waals surface area contributed by atoms with E-state index >= 15 is 0 Å². The van der Waals surface area contributed by atoms with Crippen LogP contribution >= 0.6 is 11.3 Å². The van der Waals surface area contributed by atoms with Crippen molar-refractivity contribution in [3.63, 3.8) is 0 Å². The molecule has 0 aliphatic rings. The van der Waals surface area contributed by atoms with Gasteiger partial charge in [0.1, 0.15) is 5.82 Å². The number of thiophene rings is 1. The zero-order valence-corrected chi connectivity index (χ0v) is 12.4. The molecule has 0 fully saturated rings. The molecule has 0 spiro atoms. The van der Waals surface area contributed by atoms with Crippen molar-refractivity contribution in [2.24, 2.45) is 0 Å². The first-order chi connectivity index (χ1) is 10.3. The third kappa shape index (κ3) is 2.16. The van der Waals surface area contributed by atoms with E-state index in [0.29, 0.717) is 0 Å². The van der Waals surface area contributed by atoms with Gasteiger partial charge in [0.25, 0.3) is 0 Å². The largest absolute Gasteiger partial charge is 0.341 e. The number of nitrogens with zero attached hydrogens (tertiary/aromatic N) is 1. The molecule has 0 saturated carbocycles. The number of fused-ring (bicyclic) bond motifs is 1. The Labute approximate surface area is 127 Å². The smallest absolute Gasteiger partial charge is 0.148 e. The predicted octanol–water partition coefficient (Wildman–Crippen LogP) is 5.27. The molecular formula is C18H14N2S. The molecule has 2 aromatic carbocycles. The van der Waals surface area contributed by atoms with Crippen molar-refractivity contribution in [2.45, 2.75) is 6.92 Å². The van der Waals surface area contributed by atoms with E-state index in [1.165, 1.54) is 15.6 Å². The summed E-state index contributed by atoms with van der Waals surface area (Å²) in [4.78, 5) is 9.35. The van der Waals surface area contributed by atoms with Gasteiger partial charge in [0, 0.05) is 11.3 Å². The van der Waals surface area contributed by atoms with Crippen LogP contribution in [0.15, 0.2) is 60.0 Å². The molecule has 21 heavy (non-hydrogen) atoms. The molecule has 3 heteroatoms. The normalized spacial score (nSPS) is 11.1. The van der Waals surface area contributed by atoms with Crippen LogP contribution in [-0.2, 0) is 0 Å². The maximum absolute atomic E-state index is 4.78. The highest BCUT2D eigenvalue weighted by atomic mass is 32.1. The quantitative estimate of drug-likeness (QED) is 0.535. The van der Waals surface area contributed by atoms with E-state index in [2.05, 4.69) is 65.8 Å². The standard InChI is InChI=1S/C18H14N2S/c1-12-17(20-18(19-12)16-7-4-10-21-16)15-9-8-13-5-2-3-6-14(13)11-15/h2-11H,1H3,(H,19,20). The van der Waals surface area contributed by atoms with Crippen LogP contribution in [0.3, 0.4) is 0 Å². The molecule has 1 N–H and O–H groups in total. The highest BCUT2D eigenvalue weighted by Gasteiger charge is 2.11. The zero-order valence-electron chi connectivity index (χ0n) is 11.6. The fourth-order valence-electron chi connectivity index (χ4n) is 2.61. The Morgan fingerprint density at radius 3 is 2.62 bits per heavy atom. The molecule has 2 heterocycles. The number of hydrogen-bond donors (Lipinski definition) is 1.